The van der Waals surface area contributed by atoms with Crippen LogP contribution in [0.3, 0.4) is 0 Å². The number of rotatable bonds is 4. The second kappa shape index (κ2) is 5.57. The van der Waals surface area contributed by atoms with Crippen LogP contribution in [0.25, 0.3) is 0 Å². The van der Waals surface area contributed by atoms with Crippen LogP contribution >= 0.6 is 11.3 Å². The van der Waals surface area contributed by atoms with Crippen LogP contribution in [0.1, 0.15) is 23.1 Å². The summed E-state index contributed by atoms with van der Waals surface area (Å²) in [5.41, 5.74) is 0.856. The van der Waals surface area contributed by atoms with Crippen LogP contribution in [-0.2, 0) is 16.1 Å². The first-order valence-electron chi connectivity index (χ1n) is 5.29. The lowest BCUT2D eigenvalue weighted by Crippen LogP contribution is -2.06. The van der Waals surface area contributed by atoms with Crippen molar-refractivity contribution >= 4 is 28.3 Å². The van der Waals surface area contributed by atoms with Crippen molar-refractivity contribution < 1.29 is 14.3 Å². The number of esters is 1. The molecule has 0 aromatic carbocycles. The van der Waals surface area contributed by atoms with E-state index in [4.69, 9.17) is 0 Å². The van der Waals surface area contributed by atoms with E-state index in [-0.39, 0.29) is 11.6 Å². The number of anilines is 1. The highest BCUT2D eigenvalue weighted by Crippen LogP contribution is 2.15. The molecule has 0 atom stereocenters. The molecule has 0 radical (unpaired) electrons. The Morgan fingerprint density at radius 2 is 2.32 bits per heavy atom. The van der Waals surface area contributed by atoms with Gasteiger partial charge in [-0.1, -0.05) is 5.21 Å². The van der Waals surface area contributed by atoms with Crippen LogP contribution in [0.5, 0.6) is 0 Å². The standard InChI is InChI=1S/C10H11N5O3S/c1-6(16)11-10-12-7(5-19-10)3-15-4-8(13-14-15)9(17)18-2/h4-5H,3H2,1-2H3,(H,11,12,16). The monoisotopic (exact) mass is 281 g/mol. The van der Waals surface area contributed by atoms with Crippen molar-refractivity contribution in [2.45, 2.75) is 13.5 Å². The van der Waals surface area contributed by atoms with Gasteiger partial charge in [0.05, 0.1) is 25.5 Å². The predicted octanol–water partition coefficient (Wildman–Crippen LogP) is 0.528. The first-order valence-corrected chi connectivity index (χ1v) is 6.17. The third-order valence-electron chi connectivity index (χ3n) is 2.09. The van der Waals surface area contributed by atoms with E-state index in [1.807, 2.05) is 0 Å². The molecule has 0 saturated heterocycles. The first-order chi connectivity index (χ1) is 9.08. The Labute approximate surface area is 112 Å². The molecule has 0 bridgehead atoms. The van der Waals surface area contributed by atoms with Crippen molar-refractivity contribution in [2.24, 2.45) is 0 Å². The van der Waals surface area contributed by atoms with E-state index in [1.165, 1.54) is 36.2 Å². The fourth-order valence-electron chi connectivity index (χ4n) is 1.33. The Kier molecular flexibility index (Phi) is 3.85. The minimum atomic E-state index is -0.538. The van der Waals surface area contributed by atoms with Gasteiger partial charge in [-0.25, -0.2) is 14.5 Å². The second-order valence-electron chi connectivity index (χ2n) is 3.62. The number of amides is 1. The Bertz CT molecular complexity index is 606. The summed E-state index contributed by atoms with van der Waals surface area (Å²) >= 11 is 1.32. The fourth-order valence-corrected chi connectivity index (χ4v) is 2.07. The van der Waals surface area contributed by atoms with Gasteiger partial charge in [0.2, 0.25) is 5.91 Å². The van der Waals surface area contributed by atoms with E-state index >= 15 is 0 Å². The molecule has 2 rings (SSSR count). The van der Waals surface area contributed by atoms with E-state index in [9.17, 15) is 9.59 Å². The van der Waals surface area contributed by atoms with Gasteiger partial charge in [-0.15, -0.1) is 16.4 Å². The molecule has 19 heavy (non-hydrogen) atoms. The van der Waals surface area contributed by atoms with Gasteiger partial charge in [0, 0.05) is 12.3 Å². The van der Waals surface area contributed by atoms with Crippen molar-refractivity contribution in [3.05, 3.63) is 23.0 Å². The molecule has 0 spiro atoms. The molecule has 0 aliphatic heterocycles. The van der Waals surface area contributed by atoms with Gasteiger partial charge in [-0.2, -0.15) is 0 Å². The molecule has 0 aliphatic rings. The zero-order valence-corrected chi connectivity index (χ0v) is 11.1. The molecule has 0 unspecified atom stereocenters. The van der Waals surface area contributed by atoms with Gasteiger partial charge in [-0.3, -0.25) is 4.79 Å². The normalized spacial score (nSPS) is 10.2. The maximum absolute atomic E-state index is 11.2. The van der Waals surface area contributed by atoms with Crippen LogP contribution in [0.4, 0.5) is 5.13 Å². The average molecular weight is 281 g/mol. The highest BCUT2D eigenvalue weighted by atomic mass is 32.1. The summed E-state index contributed by atoms with van der Waals surface area (Å²) in [6.07, 6.45) is 1.48. The van der Waals surface area contributed by atoms with Gasteiger partial charge in [0.25, 0.3) is 0 Å². The van der Waals surface area contributed by atoms with Gasteiger partial charge in [0.15, 0.2) is 10.8 Å². The van der Waals surface area contributed by atoms with Crippen molar-refractivity contribution in [1.82, 2.24) is 20.0 Å². The van der Waals surface area contributed by atoms with Crippen molar-refractivity contribution in [2.75, 3.05) is 12.4 Å². The minimum absolute atomic E-state index is 0.139. The summed E-state index contributed by atoms with van der Waals surface area (Å²) in [5, 5.41) is 12.4. The number of ether oxygens (including phenoxy) is 1. The minimum Gasteiger partial charge on any atom is -0.464 e. The van der Waals surface area contributed by atoms with E-state index in [2.05, 4.69) is 25.3 Å². The predicted molar refractivity (Wildman–Crippen MR) is 66.9 cm³/mol. The topological polar surface area (TPSA) is 99.0 Å². The van der Waals surface area contributed by atoms with E-state index in [0.717, 1.165) is 5.69 Å². The number of carbonyl (C=O) groups is 2. The van der Waals surface area contributed by atoms with E-state index in [1.54, 1.807) is 5.38 Å². The van der Waals surface area contributed by atoms with Crippen molar-refractivity contribution in [3.8, 4) is 0 Å². The molecule has 1 N–H and O–H groups in total. The fraction of sp³-hybridized carbons (Fsp3) is 0.300. The van der Waals surface area contributed by atoms with Crippen LogP contribution in [-0.4, -0.2) is 39.0 Å². The third kappa shape index (κ3) is 3.35. The number of thiazole rings is 1. The van der Waals surface area contributed by atoms with Crippen LogP contribution in [0, 0.1) is 0 Å². The number of hydrogen-bond donors (Lipinski definition) is 1. The summed E-state index contributed by atoms with van der Waals surface area (Å²) in [5.74, 6) is -0.710. The zero-order chi connectivity index (χ0) is 13.8. The largest absolute Gasteiger partial charge is 0.464 e. The summed E-state index contributed by atoms with van der Waals surface area (Å²) in [6.45, 7) is 1.78. The lowest BCUT2D eigenvalue weighted by Gasteiger charge is -1.96. The smallest absolute Gasteiger partial charge is 0.360 e. The Morgan fingerprint density at radius 3 is 3.00 bits per heavy atom. The average Bonchev–Trinajstić information content (AvgIpc) is 2.98. The van der Waals surface area contributed by atoms with Crippen LogP contribution < -0.4 is 5.32 Å². The van der Waals surface area contributed by atoms with Crippen LogP contribution in [0.2, 0.25) is 0 Å². The Morgan fingerprint density at radius 1 is 1.53 bits per heavy atom. The van der Waals surface area contributed by atoms with Gasteiger partial charge in [0.1, 0.15) is 0 Å². The van der Waals surface area contributed by atoms with Gasteiger partial charge in [-0.05, 0) is 0 Å². The van der Waals surface area contributed by atoms with E-state index < -0.39 is 5.97 Å². The third-order valence-corrected chi connectivity index (χ3v) is 2.90. The summed E-state index contributed by atoms with van der Waals surface area (Å²) in [4.78, 5) is 26.3. The summed E-state index contributed by atoms with van der Waals surface area (Å²) in [6, 6.07) is 0. The zero-order valence-electron chi connectivity index (χ0n) is 10.3. The SMILES string of the molecule is COC(=O)c1cn(Cc2csc(NC(C)=O)n2)nn1. The van der Waals surface area contributed by atoms with Crippen molar-refractivity contribution in [1.29, 1.82) is 0 Å². The van der Waals surface area contributed by atoms with Crippen molar-refractivity contribution in [3.63, 3.8) is 0 Å². The molecule has 8 nitrogen and oxygen atoms in total. The Balaban J connectivity index is 2.04. The quantitative estimate of drug-likeness (QED) is 0.821. The number of nitrogens with zero attached hydrogens (tertiary/aromatic N) is 4. The molecule has 2 aromatic rings. The molecule has 2 heterocycles. The molecule has 0 fully saturated rings. The number of nitrogens with one attached hydrogen (secondary N) is 1. The lowest BCUT2D eigenvalue weighted by molar-refractivity contribution is -0.114. The summed E-state index contributed by atoms with van der Waals surface area (Å²) < 4.78 is 6.00. The molecule has 0 saturated carbocycles. The number of methoxy groups -OCH3 is 1. The molecule has 2 aromatic heterocycles. The molecule has 100 valence electrons. The maximum atomic E-state index is 11.2. The number of hydrogen-bond acceptors (Lipinski definition) is 7. The van der Waals surface area contributed by atoms with Crippen LogP contribution in [0.15, 0.2) is 11.6 Å². The highest BCUT2D eigenvalue weighted by Gasteiger charge is 2.11. The molecular weight excluding hydrogens is 270 g/mol. The Hall–Kier alpha value is -2.29. The van der Waals surface area contributed by atoms with Gasteiger partial charge < -0.3 is 10.1 Å². The number of carbonyl (C=O) groups excluding carboxylic acids is 2. The molecule has 1 amide bonds. The van der Waals surface area contributed by atoms with E-state index in [0.29, 0.717) is 11.7 Å². The van der Waals surface area contributed by atoms with Gasteiger partial charge >= 0.3 is 5.97 Å². The first kappa shape index (κ1) is 13.1. The number of aromatic nitrogens is 4. The lowest BCUT2D eigenvalue weighted by atomic mass is 10.4. The summed E-state index contributed by atoms with van der Waals surface area (Å²) in [7, 11) is 1.28. The molecule has 9 heteroatoms. The maximum Gasteiger partial charge on any atom is 0.360 e. The highest BCUT2D eigenvalue weighted by molar-refractivity contribution is 7.13. The molecule has 0 aliphatic carbocycles. The molecular formula is C10H11N5O3S. The second-order valence-corrected chi connectivity index (χ2v) is 4.48.